The van der Waals surface area contributed by atoms with E-state index in [0.717, 1.165) is 0 Å². The van der Waals surface area contributed by atoms with Crippen LogP contribution in [0.4, 0.5) is 4.39 Å². The first-order valence-electron chi connectivity index (χ1n) is 4.74. The van der Waals surface area contributed by atoms with Gasteiger partial charge in [0.25, 0.3) is 0 Å². The third-order valence-corrected chi connectivity index (χ3v) is 1.97. The topological polar surface area (TPSA) is 38.7 Å². The molecule has 0 saturated carbocycles. The molecule has 0 heterocycles. The van der Waals surface area contributed by atoms with Gasteiger partial charge in [0.2, 0.25) is 0 Å². The quantitative estimate of drug-likeness (QED) is 0.761. The molecule has 3 nitrogen and oxygen atoms in total. The van der Waals surface area contributed by atoms with E-state index in [1.807, 2.05) is 0 Å². The lowest BCUT2D eigenvalue weighted by Gasteiger charge is -2.13. The number of hydrogen-bond donors (Lipinski definition) is 1. The maximum absolute atomic E-state index is 12.9. The van der Waals surface area contributed by atoms with Crippen molar-refractivity contribution in [2.24, 2.45) is 0 Å². The Hall–Kier alpha value is -1.13. The molecule has 15 heavy (non-hydrogen) atoms. The van der Waals surface area contributed by atoms with Crippen molar-refractivity contribution in [2.75, 3.05) is 20.3 Å². The van der Waals surface area contributed by atoms with Gasteiger partial charge in [-0.3, -0.25) is 0 Å². The molecular formula is C11H15FO3. The highest BCUT2D eigenvalue weighted by Gasteiger charge is 2.10. The maximum Gasteiger partial charge on any atom is 0.125 e. The molecule has 0 aromatic heterocycles. The Morgan fingerprint density at radius 3 is 2.73 bits per heavy atom. The van der Waals surface area contributed by atoms with E-state index in [1.54, 1.807) is 14.0 Å². The lowest BCUT2D eigenvalue weighted by Crippen LogP contribution is -2.07. The fourth-order valence-electron chi connectivity index (χ4n) is 1.21. The van der Waals surface area contributed by atoms with Crippen molar-refractivity contribution in [2.45, 2.75) is 13.0 Å². The Morgan fingerprint density at radius 2 is 2.13 bits per heavy atom. The molecule has 0 fully saturated rings. The Labute approximate surface area is 88.4 Å². The van der Waals surface area contributed by atoms with Crippen molar-refractivity contribution in [3.8, 4) is 5.75 Å². The van der Waals surface area contributed by atoms with E-state index in [2.05, 4.69) is 0 Å². The summed E-state index contributed by atoms with van der Waals surface area (Å²) in [5.74, 6) is 0.105. The summed E-state index contributed by atoms with van der Waals surface area (Å²) in [5, 5.41) is 9.41. The second-order valence-corrected chi connectivity index (χ2v) is 3.20. The SMILES string of the molecule is COCCOc1ccc(F)cc1[C@@H](C)O. The van der Waals surface area contributed by atoms with E-state index < -0.39 is 6.10 Å². The van der Waals surface area contributed by atoms with E-state index in [1.165, 1.54) is 18.2 Å². The van der Waals surface area contributed by atoms with Crippen LogP contribution in [0.3, 0.4) is 0 Å². The van der Waals surface area contributed by atoms with Crippen LogP contribution in [0.1, 0.15) is 18.6 Å². The van der Waals surface area contributed by atoms with Gasteiger partial charge < -0.3 is 14.6 Å². The van der Waals surface area contributed by atoms with Crippen molar-refractivity contribution < 1.29 is 19.0 Å². The highest BCUT2D eigenvalue weighted by Crippen LogP contribution is 2.25. The summed E-state index contributed by atoms with van der Waals surface area (Å²) in [6, 6.07) is 4.08. The molecule has 0 unspecified atom stereocenters. The Kier molecular flexibility index (Phi) is 4.52. The van der Waals surface area contributed by atoms with E-state index in [9.17, 15) is 9.50 Å². The van der Waals surface area contributed by atoms with Crippen molar-refractivity contribution in [1.29, 1.82) is 0 Å². The van der Waals surface area contributed by atoms with E-state index in [-0.39, 0.29) is 5.82 Å². The van der Waals surface area contributed by atoms with E-state index >= 15 is 0 Å². The summed E-state index contributed by atoms with van der Waals surface area (Å²) in [6.45, 7) is 2.40. The van der Waals surface area contributed by atoms with Crippen LogP contribution in [0.2, 0.25) is 0 Å². The number of methoxy groups -OCH3 is 1. The van der Waals surface area contributed by atoms with Crippen LogP contribution < -0.4 is 4.74 Å². The number of ether oxygens (including phenoxy) is 2. The molecule has 0 aliphatic rings. The number of aliphatic hydroxyl groups excluding tert-OH is 1. The first-order valence-corrected chi connectivity index (χ1v) is 4.74. The second kappa shape index (κ2) is 5.68. The van der Waals surface area contributed by atoms with Crippen LogP contribution in [0, 0.1) is 5.82 Å². The molecule has 0 aliphatic carbocycles. The molecule has 1 rings (SSSR count). The van der Waals surface area contributed by atoms with Crippen LogP contribution in [0.15, 0.2) is 18.2 Å². The largest absolute Gasteiger partial charge is 0.491 e. The van der Waals surface area contributed by atoms with Crippen LogP contribution >= 0.6 is 0 Å². The smallest absolute Gasteiger partial charge is 0.125 e. The number of benzene rings is 1. The molecule has 0 saturated heterocycles. The van der Waals surface area contributed by atoms with Crippen molar-refractivity contribution in [3.05, 3.63) is 29.6 Å². The molecule has 0 aliphatic heterocycles. The van der Waals surface area contributed by atoms with Gasteiger partial charge in [0.15, 0.2) is 0 Å². The summed E-state index contributed by atoms with van der Waals surface area (Å²) < 4.78 is 23.1. The third kappa shape index (κ3) is 3.49. The Morgan fingerprint density at radius 1 is 1.40 bits per heavy atom. The molecule has 4 heteroatoms. The summed E-state index contributed by atoms with van der Waals surface area (Å²) in [5.41, 5.74) is 0.450. The van der Waals surface area contributed by atoms with E-state index in [0.29, 0.717) is 24.5 Å². The van der Waals surface area contributed by atoms with Gasteiger partial charge in [-0.25, -0.2) is 4.39 Å². The van der Waals surface area contributed by atoms with E-state index in [4.69, 9.17) is 9.47 Å². The maximum atomic E-state index is 12.9. The van der Waals surface area contributed by atoms with Crippen LogP contribution in [-0.4, -0.2) is 25.4 Å². The minimum atomic E-state index is -0.752. The predicted octanol–water partition coefficient (Wildman–Crippen LogP) is 1.90. The van der Waals surface area contributed by atoms with Crippen molar-refractivity contribution >= 4 is 0 Å². The average Bonchev–Trinajstić information content (AvgIpc) is 2.20. The summed E-state index contributed by atoms with van der Waals surface area (Å²) in [4.78, 5) is 0. The van der Waals surface area contributed by atoms with Crippen LogP contribution in [0.5, 0.6) is 5.75 Å². The van der Waals surface area contributed by atoms with Crippen LogP contribution in [-0.2, 0) is 4.74 Å². The third-order valence-electron chi connectivity index (χ3n) is 1.97. The minimum Gasteiger partial charge on any atom is -0.491 e. The van der Waals surface area contributed by atoms with Gasteiger partial charge in [-0.1, -0.05) is 0 Å². The molecule has 1 aromatic rings. The molecule has 1 aromatic carbocycles. The van der Waals surface area contributed by atoms with Gasteiger partial charge in [-0.15, -0.1) is 0 Å². The zero-order chi connectivity index (χ0) is 11.3. The molecule has 0 bridgehead atoms. The Balaban J connectivity index is 2.77. The zero-order valence-corrected chi connectivity index (χ0v) is 8.87. The molecular weight excluding hydrogens is 199 g/mol. The molecule has 1 N–H and O–H groups in total. The molecule has 0 spiro atoms. The predicted molar refractivity (Wildman–Crippen MR) is 54.4 cm³/mol. The molecule has 0 amide bonds. The van der Waals surface area contributed by atoms with Crippen LogP contribution in [0.25, 0.3) is 0 Å². The van der Waals surface area contributed by atoms with Gasteiger partial charge in [-0.2, -0.15) is 0 Å². The van der Waals surface area contributed by atoms with Crippen molar-refractivity contribution in [1.82, 2.24) is 0 Å². The summed E-state index contributed by atoms with van der Waals surface area (Å²) in [7, 11) is 1.57. The number of hydrogen-bond acceptors (Lipinski definition) is 3. The highest BCUT2D eigenvalue weighted by molar-refractivity contribution is 5.35. The lowest BCUT2D eigenvalue weighted by molar-refractivity contribution is 0.141. The molecule has 0 radical (unpaired) electrons. The highest BCUT2D eigenvalue weighted by atomic mass is 19.1. The first-order chi connectivity index (χ1) is 7.15. The number of aliphatic hydroxyl groups is 1. The Bertz CT molecular complexity index is 313. The summed E-state index contributed by atoms with van der Waals surface area (Å²) in [6.07, 6.45) is -0.752. The fraction of sp³-hybridized carbons (Fsp3) is 0.455. The van der Waals surface area contributed by atoms with Gasteiger partial charge in [-0.05, 0) is 25.1 Å². The van der Waals surface area contributed by atoms with Gasteiger partial charge >= 0.3 is 0 Å². The fourth-order valence-corrected chi connectivity index (χ4v) is 1.21. The first kappa shape index (κ1) is 11.9. The standard InChI is InChI=1S/C11H15FO3/c1-8(13)10-7-9(12)3-4-11(10)15-6-5-14-2/h3-4,7-8,13H,5-6H2,1-2H3/t8-/m1/s1. The molecule has 84 valence electrons. The average molecular weight is 214 g/mol. The number of halogens is 1. The normalized spacial score (nSPS) is 12.5. The van der Waals surface area contributed by atoms with Gasteiger partial charge in [0.1, 0.15) is 18.2 Å². The van der Waals surface area contributed by atoms with Crippen molar-refractivity contribution in [3.63, 3.8) is 0 Å². The number of rotatable bonds is 5. The summed E-state index contributed by atoms with van der Waals surface area (Å²) >= 11 is 0. The van der Waals surface area contributed by atoms with Gasteiger partial charge in [0.05, 0.1) is 12.7 Å². The second-order valence-electron chi connectivity index (χ2n) is 3.20. The minimum absolute atomic E-state index is 0.377. The molecule has 1 atom stereocenters. The lowest BCUT2D eigenvalue weighted by atomic mass is 10.1. The zero-order valence-electron chi connectivity index (χ0n) is 8.87. The monoisotopic (exact) mass is 214 g/mol. The van der Waals surface area contributed by atoms with Gasteiger partial charge in [0, 0.05) is 12.7 Å².